The Morgan fingerprint density at radius 3 is 2.38 bits per heavy atom. The van der Waals surface area contributed by atoms with Crippen molar-refractivity contribution >= 4 is 39.4 Å². The smallest absolute Gasteiger partial charge is 0.219 e. The molecule has 6 rings (SSSR count). The van der Waals surface area contributed by atoms with Crippen LogP contribution in [0.1, 0.15) is 19.8 Å². The van der Waals surface area contributed by atoms with Gasteiger partial charge >= 0.3 is 0 Å². The monoisotopic (exact) mass is 413 g/mol. The highest BCUT2D eigenvalue weighted by Gasteiger charge is 2.31. The van der Waals surface area contributed by atoms with Gasteiger partial charge < -0.3 is 4.98 Å². The molecule has 1 N–H and O–H groups in total. The molecule has 2 heterocycles. The molecule has 0 fully saturated rings. The first-order valence-electron chi connectivity index (χ1n) is 11.3. The number of nitrogens with zero attached hydrogens (tertiary/aromatic N) is 1. The van der Waals surface area contributed by atoms with E-state index in [0.29, 0.717) is 0 Å². The average Bonchev–Trinajstić information content (AvgIpc) is 3.37. The Balaban J connectivity index is 1.47. The van der Waals surface area contributed by atoms with Crippen LogP contribution in [0.4, 0.5) is 11.4 Å². The SMILES string of the molecule is C/C=C\CCC=[N+]1c2ccccc2-c2cc(-c3ccc4[nH]c5ccccc5c4c3)ccc21. The molecule has 0 bridgehead atoms. The summed E-state index contributed by atoms with van der Waals surface area (Å²) in [5.74, 6) is 0. The highest BCUT2D eigenvalue weighted by atomic mass is 15.0. The fourth-order valence-electron chi connectivity index (χ4n) is 4.87. The molecule has 1 aliphatic heterocycles. The van der Waals surface area contributed by atoms with E-state index >= 15 is 0 Å². The molecule has 0 saturated heterocycles. The van der Waals surface area contributed by atoms with Crippen LogP contribution in [0.25, 0.3) is 44.1 Å². The van der Waals surface area contributed by atoms with Gasteiger partial charge in [-0.2, -0.15) is 4.58 Å². The summed E-state index contributed by atoms with van der Waals surface area (Å²) >= 11 is 0. The number of benzene rings is 4. The van der Waals surface area contributed by atoms with Crippen molar-refractivity contribution in [2.75, 3.05) is 0 Å². The maximum absolute atomic E-state index is 3.53. The molecule has 0 saturated carbocycles. The third kappa shape index (κ3) is 2.99. The Kier molecular flexibility index (Phi) is 4.50. The molecule has 0 unspecified atom stereocenters. The number of H-pyrrole nitrogens is 1. The quantitative estimate of drug-likeness (QED) is 0.170. The van der Waals surface area contributed by atoms with Crippen LogP contribution < -0.4 is 4.58 Å². The van der Waals surface area contributed by atoms with Gasteiger partial charge in [0.15, 0.2) is 6.21 Å². The van der Waals surface area contributed by atoms with E-state index in [0.717, 1.165) is 12.8 Å². The molecule has 4 aromatic carbocycles. The highest BCUT2D eigenvalue weighted by molar-refractivity contribution is 6.08. The first kappa shape index (κ1) is 18.8. The molecule has 0 atom stereocenters. The Morgan fingerprint density at radius 2 is 1.44 bits per heavy atom. The van der Waals surface area contributed by atoms with E-state index in [1.165, 1.54) is 55.4 Å². The van der Waals surface area contributed by atoms with Crippen molar-refractivity contribution in [3.8, 4) is 22.3 Å². The number of aromatic nitrogens is 1. The minimum absolute atomic E-state index is 1.02. The van der Waals surface area contributed by atoms with Gasteiger partial charge in [0.25, 0.3) is 0 Å². The van der Waals surface area contributed by atoms with Crippen LogP contribution >= 0.6 is 0 Å². The number of fused-ring (bicyclic) bond motifs is 6. The van der Waals surface area contributed by atoms with E-state index in [1.54, 1.807) is 0 Å². The predicted octanol–water partition coefficient (Wildman–Crippen LogP) is 8.23. The topological polar surface area (TPSA) is 18.8 Å². The summed E-state index contributed by atoms with van der Waals surface area (Å²) in [6, 6.07) is 30.9. The summed E-state index contributed by atoms with van der Waals surface area (Å²) in [5, 5.41) is 2.55. The van der Waals surface area contributed by atoms with Crippen molar-refractivity contribution in [1.82, 2.24) is 9.56 Å². The van der Waals surface area contributed by atoms with Crippen LogP contribution in [-0.2, 0) is 0 Å². The van der Waals surface area contributed by atoms with E-state index in [-0.39, 0.29) is 0 Å². The van der Waals surface area contributed by atoms with Gasteiger partial charge in [0.1, 0.15) is 0 Å². The number of rotatable bonds is 4. The van der Waals surface area contributed by atoms with Crippen LogP contribution in [0, 0.1) is 0 Å². The van der Waals surface area contributed by atoms with Crippen molar-refractivity contribution < 1.29 is 0 Å². The Hall–Kier alpha value is -3.91. The standard InChI is InChI=1S/C30H25N2/c1-2-3-4-9-18-32-29-13-8-6-11-24(29)26-20-22(15-17-30(26)32)21-14-16-28-25(19-21)23-10-5-7-12-27(23)31-28/h2-3,5-8,10-20,31H,4,9H2,1H3/q+1/b3-2-,32-18?. The van der Waals surface area contributed by atoms with Crippen LogP contribution in [0.2, 0.25) is 0 Å². The lowest BCUT2D eigenvalue weighted by Crippen LogP contribution is -2.02. The molecular weight excluding hydrogens is 388 g/mol. The molecule has 0 amide bonds. The minimum atomic E-state index is 1.02. The lowest BCUT2D eigenvalue weighted by molar-refractivity contribution is 1.05. The van der Waals surface area contributed by atoms with Gasteiger partial charge in [0, 0.05) is 40.4 Å². The second kappa shape index (κ2) is 7.65. The van der Waals surface area contributed by atoms with Gasteiger partial charge in [-0.05, 0) is 60.9 Å². The molecule has 1 aliphatic rings. The number of para-hydroxylation sites is 2. The molecule has 32 heavy (non-hydrogen) atoms. The van der Waals surface area contributed by atoms with Gasteiger partial charge in [0.2, 0.25) is 11.4 Å². The second-order valence-electron chi connectivity index (χ2n) is 8.38. The lowest BCUT2D eigenvalue weighted by Gasteiger charge is -2.04. The van der Waals surface area contributed by atoms with Crippen molar-refractivity contribution in [1.29, 1.82) is 0 Å². The van der Waals surface area contributed by atoms with E-state index in [9.17, 15) is 0 Å². The second-order valence-corrected chi connectivity index (χ2v) is 8.38. The fourth-order valence-corrected chi connectivity index (χ4v) is 4.87. The van der Waals surface area contributed by atoms with Crippen molar-refractivity contribution in [2.24, 2.45) is 0 Å². The average molecular weight is 414 g/mol. The molecule has 1 aromatic heterocycles. The summed E-state index contributed by atoms with van der Waals surface area (Å²) in [7, 11) is 0. The summed E-state index contributed by atoms with van der Waals surface area (Å²) in [4.78, 5) is 3.53. The molecule has 0 radical (unpaired) electrons. The Morgan fingerprint density at radius 1 is 0.688 bits per heavy atom. The molecular formula is C30H25N2+. The predicted molar refractivity (Wildman–Crippen MR) is 138 cm³/mol. The molecule has 154 valence electrons. The lowest BCUT2D eigenvalue weighted by atomic mass is 9.98. The number of hydrogen-bond acceptors (Lipinski definition) is 0. The summed E-state index contributed by atoms with van der Waals surface area (Å²) in [6.07, 6.45) is 8.76. The molecule has 2 nitrogen and oxygen atoms in total. The zero-order valence-corrected chi connectivity index (χ0v) is 18.2. The van der Waals surface area contributed by atoms with Crippen LogP contribution in [0.15, 0.2) is 97.1 Å². The van der Waals surface area contributed by atoms with Gasteiger partial charge in [-0.1, -0.05) is 48.6 Å². The van der Waals surface area contributed by atoms with Gasteiger partial charge in [0.05, 0.1) is 11.1 Å². The van der Waals surface area contributed by atoms with Gasteiger partial charge in [-0.15, -0.1) is 0 Å². The van der Waals surface area contributed by atoms with Crippen LogP contribution in [-0.4, -0.2) is 11.2 Å². The molecule has 0 aliphatic carbocycles. The summed E-state index contributed by atoms with van der Waals surface area (Å²) in [5.41, 5.74) is 10.0. The Labute approximate surface area is 188 Å². The normalized spacial score (nSPS) is 14.0. The van der Waals surface area contributed by atoms with Crippen molar-refractivity contribution in [3.63, 3.8) is 0 Å². The van der Waals surface area contributed by atoms with E-state index in [4.69, 9.17) is 0 Å². The Bertz CT molecular complexity index is 1530. The molecule has 0 spiro atoms. The molecule has 2 heteroatoms. The largest absolute Gasteiger partial charge is 0.355 e. The first-order chi connectivity index (χ1) is 15.8. The van der Waals surface area contributed by atoms with E-state index < -0.39 is 0 Å². The van der Waals surface area contributed by atoms with Gasteiger partial charge in [-0.3, -0.25) is 0 Å². The van der Waals surface area contributed by atoms with Crippen LogP contribution in [0.3, 0.4) is 0 Å². The highest BCUT2D eigenvalue weighted by Crippen LogP contribution is 2.46. The fraction of sp³-hybridized carbons (Fsp3) is 0.100. The zero-order chi connectivity index (χ0) is 21.5. The minimum Gasteiger partial charge on any atom is -0.355 e. The summed E-state index contributed by atoms with van der Waals surface area (Å²) in [6.45, 7) is 2.08. The zero-order valence-electron chi connectivity index (χ0n) is 18.2. The van der Waals surface area contributed by atoms with E-state index in [2.05, 4.69) is 120 Å². The van der Waals surface area contributed by atoms with Gasteiger partial charge in [-0.25, -0.2) is 0 Å². The number of aromatic amines is 1. The van der Waals surface area contributed by atoms with Crippen LogP contribution in [0.5, 0.6) is 0 Å². The van der Waals surface area contributed by atoms with E-state index in [1.807, 2.05) is 0 Å². The maximum atomic E-state index is 3.53. The first-order valence-corrected chi connectivity index (χ1v) is 11.3. The number of allylic oxidation sites excluding steroid dienone is 2. The summed E-state index contributed by atoms with van der Waals surface area (Å²) < 4.78 is 2.36. The van der Waals surface area contributed by atoms with Crippen molar-refractivity contribution in [2.45, 2.75) is 19.8 Å². The third-order valence-electron chi connectivity index (χ3n) is 6.43. The maximum Gasteiger partial charge on any atom is 0.219 e. The number of unbranched alkanes of at least 4 members (excludes halogenated alkanes) is 1. The number of hydrogen-bond donors (Lipinski definition) is 1. The number of nitrogens with one attached hydrogen (secondary N) is 1. The van der Waals surface area contributed by atoms with Crippen molar-refractivity contribution in [3.05, 3.63) is 97.1 Å². The third-order valence-corrected chi connectivity index (χ3v) is 6.43. The molecule has 5 aromatic rings.